The molecule has 0 bridgehead atoms. The SMILES string of the molecule is NC(=O)COc1ccccc1/C=N\NC(=O)C(=O)Nc1ccccc1F. The molecule has 26 heavy (non-hydrogen) atoms. The molecule has 2 rings (SSSR count). The molecule has 0 aliphatic rings. The lowest BCUT2D eigenvalue weighted by Crippen LogP contribution is -2.32. The van der Waals surface area contributed by atoms with Gasteiger partial charge in [-0.1, -0.05) is 24.3 Å². The Morgan fingerprint density at radius 1 is 1.08 bits per heavy atom. The minimum Gasteiger partial charge on any atom is -0.483 e. The molecule has 0 aliphatic carbocycles. The Labute approximate surface area is 147 Å². The Balaban J connectivity index is 1.95. The second-order valence-electron chi connectivity index (χ2n) is 4.93. The highest BCUT2D eigenvalue weighted by atomic mass is 19.1. The minimum absolute atomic E-state index is 0.123. The molecule has 0 radical (unpaired) electrons. The number of carbonyl (C=O) groups excluding carboxylic acids is 3. The molecular weight excluding hydrogens is 343 g/mol. The minimum atomic E-state index is -1.08. The van der Waals surface area contributed by atoms with Gasteiger partial charge < -0.3 is 15.8 Å². The third-order valence-corrected chi connectivity index (χ3v) is 2.99. The Bertz CT molecular complexity index is 854. The van der Waals surface area contributed by atoms with Gasteiger partial charge in [0.05, 0.1) is 11.9 Å². The van der Waals surface area contributed by atoms with Gasteiger partial charge in [-0.25, -0.2) is 9.82 Å². The quantitative estimate of drug-likeness (QED) is 0.401. The fourth-order valence-corrected chi connectivity index (χ4v) is 1.82. The smallest absolute Gasteiger partial charge is 0.329 e. The van der Waals surface area contributed by atoms with Crippen LogP contribution in [0.25, 0.3) is 0 Å². The number of anilines is 1. The van der Waals surface area contributed by atoms with Gasteiger partial charge in [0, 0.05) is 5.56 Å². The number of amides is 3. The van der Waals surface area contributed by atoms with Gasteiger partial charge in [0.1, 0.15) is 11.6 Å². The van der Waals surface area contributed by atoms with Crippen LogP contribution in [0.4, 0.5) is 10.1 Å². The maximum atomic E-state index is 13.4. The summed E-state index contributed by atoms with van der Waals surface area (Å²) in [6.45, 7) is -0.317. The van der Waals surface area contributed by atoms with Crippen LogP contribution in [0.5, 0.6) is 5.75 Å². The molecule has 134 valence electrons. The highest BCUT2D eigenvalue weighted by Crippen LogP contribution is 2.15. The molecule has 4 N–H and O–H groups in total. The molecule has 8 nitrogen and oxygen atoms in total. The molecule has 2 aromatic carbocycles. The fraction of sp³-hybridized carbons (Fsp3) is 0.0588. The molecule has 0 saturated heterocycles. The van der Waals surface area contributed by atoms with Gasteiger partial charge >= 0.3 is 11.8 Å². The van der Waals surface area contributed by atoms with Crippen LogP contribution in [0.1, 0.15) is 5.56 Å². The maximum absolute atomic E-state index is 13.4. The van der Waals surface area contributed by atoms with E-state index < -0.39 is 23.5 Å². The summed E-state index contributed by atoms with van der Waals surface area (Å²) in [6.07, 6.45) is 1.23. The highest BCUT2D eigenvalue weighted by Gasteiger charge is 2.14. The van der Waals surface area contributed by atoms with Crippen molar-refractivity contribution in [2.75, 3.05) is 11.9 Å². The van der Waals surface area contributed by atoms with Gasteiger partial charge in [-0.3, -0.25) is 14.4 Å². The van der Waals surface area contributed by atoms with Crippen molar-refractivity contribution < 1.29 is 23.5 Å². The Kier molecular flexibility index (Phi) is 6.38. The molecular formula is C17H15FN4O4. The van der Waals surface area contributed by atoms with Crippen LogP contribution in [0, 0.1) is 5.82 Å². The summed E-state index contributed by atoms with van der Waals surface area (Å²) in [5.74, 6) is -3.15. The topological polar surface area (TPSA) is 123 Å². The number of nitrogens with one attached hydrogen (secondary N) is 2. The van der Waals surface area contributed by atoms with Crippen molar-refractivity contribution in [2.24, 2.45) is 10.8 Å². The Morgan fingerprint density at radius 3 is 2.50 bits per heavy atom. The number of hydrogen-bond acceptors (Lipinski definition) is 5. The summed E-state index contributed by atoms with van der Waals surface area (Å²) in [7, 11) is 0. The van der Waals surface area contributed by atoms with Gasteiger partial charge in [-0.2, -0.15) is 5.10 Å². The molecule has 0 heterocycles. The average molecular weight is 358 g/mol. The van der Waals surface area contributed by atoms with Crippen molar-refractivity contribution in [3.63, 3.8) is 0 Å². The number of nitrogens with zero attached hydrogens (tertiary/aromatic N) is 1. The normalized spacial score (nSPS) is 10.3. The maximum Gasteiger partial charge on any atom is 0.329 e. The molecule has 9 heteroatoms. The van der Waals surface area contributed by atoms with Crippen LogP contribution in [0.2, 0.25) is 0 Å². The molecule has 0 atom stereocenters. The third kappa shape index (κ3) is 5.41. The number of hydrazone groups is 1. The number of nitrogens with two attached hydrogens (primary N) is 1. The van der Waals surface area contributed by atoms with Gasteiger partial charge in [0.2, 0.25) is 0 Å². The van der Waals surface area contributed by atoms with Gasteiger partial charge in [0.15, 0.2) is 6.61 Å². The third-order valence-electron chi connectivity index (χ3n) is 2.99. The number of ether oxygens (including phenoxy) is 1. The van der Waals surface area contributed by atoms with Crippen molar-refractivity contribution in [3.05, 3.63) is 59.9 Å². The fourth-order valence-electron chi connectivity index (χ4n) is 1.82. The van der Waals surface area contributed by atoms with Gasteiger partial charge in [-0.15, -0.1) is 0 Å². The summed E-state index contributed by atoms with van der Waals surface area (Å²) in [5, 5.41) is 5.77. The summed E-state index contributed by atoms with van der Waals surface area (Å²) in [4.78, 5) is 34.2. The zero-order chi connectivity index (χ0) is 18.9. The number of rotatable bonds is 6. The first-order chi connectivity index (χ1) is 12.5. The van der Waals surface area contributed by atoms with E-state index in [-0.39, 0.29) is 12.3 Å². The monoisotopic (exact) mass is 358 g/mol. The van der Waals surface area contributed by atoms with E-state index in [0.717, 1.165) is 6.07 Å². The van der Waals surface area contributed by atoms with Crippen molar-refractivity contribution >= 4 is 29.6 Å². The predicted molar refractivity (Wildman–Crippen MR) is 91.9 cm³/mol. The average Bonchev–Trinajstić information content (AvgIpc) is 2.62. The number of primary amides is 1. The largest absolute Gasteiger partial charge is 0.483 e. The van der Waals surface area contributed by atoms with Crippen LogP contribution in [0.3, 0.4) is 0 Å². The van der Waals surface area contributed by atoms with Crippen molar-refractivity contribution in [1.29, 1.82) is 0 Å². The first-order valence-corrected chi connectivity index (χ1v) is 7.36. The van der Waals surface area contributed by atoms with Gasteiger partial charge in [0.25, 0.3) is 5.91 Å². The Morgan fingerprint density at radius 2 is 1.77 bits per heavy atom. The molecule has 0 aromatic heterocycles. The lowest BCUT2D eigenvalue weighted by molar-refractivity contribution is -0.136. The number of para-hydroxylation sites is 2. The first-order valence-electron chi connectivity index (χ1n) is 7.36. The summed E-state index contributed by atoms with van der Waals surface area (Å²) in [6, 6.07) is 12.0. The van der Waals surface area contributed by atoms with Crippen molar-refractivity contribution in [3.8, 4) is 5.75 Å². The number of hydrogen-bond donors (Lipinski definition) is 3. The molecule has 0 saturated carbocycles. The van der Waals surface area contributed by atoms with Crippen LogP contribution >= 0.6 is 0 Å². The predicted octanol–water partition coefficient (Wildman–Crippen LogP) is 0.779. The molecule has 2 aromatic rings. The summed E-state index contributed by atoms with van der Waals surface area (Å²) >= 11 is 0. The molecule has 0 aliphatic heterocycles. The van der Waals surface area contributed by atoms with E-state index in [0.29, 0.717) is 11.3 Å². The first kappa shape index (κ1) is 18.6. The van der Waals surface area contributed by atoms with E-state index >= 15 is 0 Å². The van der Waals surface area contributed by atoms with Crippen molar-refractivity contribution in [1.82, 2.24) is 5.43 Å². The van der Waals surface area contributed by atoms with Crippen LogP contribution < -0.4 is 21.2 Å². The second kappa shape index (κ2) is 8.92. The van der Waals surface area contributed by atoms with Crippen LogP contribution in [-0.4, -0.2) is 30.5 Å². The molecule has 0 unspecified atom stereocenters. The van der Waals surface area contributed by atoms with Crippen LogP contribution in [-0.2, 0) is 14.4 Å². The lowest BCUT2D eigenvalue weighted by Gasteiger charge is -2.07. The van der Waals surface area contributed by atoms with E-state index in [1.54, 1.807) is 24.3 Å². The zero-order valence-electron chi connectivity index (χ0n) is 13.4. The number of halogens is 1. The molecule has 0 spiro atoms. The van der Waals surface area contributed by atoms with E-state index in [4.69, 9.17) is 10.5 Å². The van der Waals surface area contributed by atoms with E-state index in [9.17, 15) is 18.8 Å². The van der Waals surface area contributed by atoms with Crippen molar-refractivity contribution in [2.45, 2.75) is 0 Å². The second-order valence-corrected chi connectivity index (χ2v) is 4.93. The molecule has 3 amide bonds. The lowest BCUT2D eigenvalue weighted by atomic mass is 10.2. The van der Waals surface area contributed by atoms with E-state index in [1.165, 1.54) is 24.4 Å². The standard InChI is InChI=1S/C17H15FN4O4/c18-12-6-2-3-7-13(12)21-16(24)17(25)22-20-9-11-5-1-4-8-14(11)26-10-15(19)23/h1-9H,10H2,(H2,19,23)(H,21,24)(H,22,25)/b20-9-. The summed E-state index contributed by atoms with van der Waals surface area (Å²) in [5.41, 5.74) is 7.35. The number of benzene rings is 2. The van der Waals surface area contributed by atoms with Crippen LogP contribution in [0.15, 0.2) is 53.6 Å². The molecule has 0 fully saturated rings. The van der Waals surface area contributed by atoms with E-state index in [2.05, 4.69) is 10.4 Å². The van der Waals surface area contributed by atoms with E-state index in [1.807, 2.05) is 5.43 Å². The highest BCUT2D eigenvalue weighted by molar-refractivity contribution is 6.39. The number of carbonyl (C=O) groups is 3. The zero-order valence-corrected chi connectivity index (χ0v) is 13.4. The summed E-state index contributed by atoms with van der Waals surface area (Å²) < 4.78 is 18.6. The Hall–Kier alpha value is -3.75. The van der Waals surface area contributed by atoms with Gasteiger partial charge in [-0.05, 0) is 24.3 Å².